The van der Waals surface area contributed by atoms with Crippen LogP contribution in [0, 0.1) is 0 Å². The van der Waals surface area contributed by atoms with Crippen LogP contribution < -0.4 is 5.11 Å². The van der Waals surface area contributed by atoms with Crippen LogP contribution in [0.15, 0.2) is 4.99 Å². The molecule has 0 aliphatic heterocycles. The molecule has 1 amide bonds. The second kappa shape index (κ2) is 6.96. The summed E-state index contributed by atoms with van der Waals surface area (Å²) in [4.78, 5) is 27.1. The highest BCUT2D eigenvalue weighted by Gasteiger charge is 2.19. The Bertz CT molecular complexity index is 358. The van der Waals surface area contributed by atoms with E-state index >= 15 is 0 Å². The standard InChI is InChI=1S/C12H22N2O5/c1-12(2,3)19-11(18)13-8(10(16)17)6-7-9(15)14(4)5/h8H,6-7H2,1-5H3,(H,13,18)(H,16,17)/p-1/t8-/m0/s1. The first-order valence-corrected chi connectivity index (χ1v) is 5.89. The molecular weight excluding hydrogens is 252 g/mol. The van der Waals surface area contributed by atoms with Crippen LogP contribution in [0.4, 0.5) is 0 Å². The number of carbonyl (C=O) groups excluding carboxylic acids is 1. The number of aliphatic imine (C=N–C) groups is 1. The molecule has 0 aromatic rings. The Morgan fingerprint density at radius 2 is 1.89 bits per heavy atom. The largest absolute Gasteiger partial charge is 0.595 e. The van der Waals surface area contributed by atoms with Gasteiger partial charge in [0.25, 0.3) is 0 Å². The zero-order valence-electron chi connectivity index (χ0n) is 12.0. The highest BCUT2D eigenvalue weighted by molar-refractivity contribution is 5.79. The molecule has 0 saturated carbocycles. The van der Waals surface area contributed by atoms with Crippen LogP contribution in [0.25, 0.3) is 0 Å². The number of carboxylic acid groups (broad SMARTS) is 1. The first kappa shape index (κ1) is 17.2. The smallest absolute Gasteiger partial charge is 0.328 e. The number of hydrogen-bond donors (Lipinski definition) is 1. The lowest BCUT2D eigenvalue weighted by Crippen LogP contribution is -2.34. The molecular formula is C12H21N2O5-. The molecule has 1 N–H and O–H groups in total. The van der Waals surface area contributed by atoms with E-state index in [0.717, 1.165) is 0 Å². The van der Waals surface area contributed by atoms with Crippen molar-refractivity contribution in [2.24, 2.45) is 4.99 Å². The van der Waals surface area contributed by atoms with Crippen LogP contribution in [0.3, 0.4) is 0 Å². The summed E-state index contributed by atoms with van der Waals surface area (Å²) in [5.74, 6) is -1.47. The van der Waals surface area contributed by atoms with Gasteiger partial charge in [0.05, 0.1) is 0 Å². The van der Waals surface area contributed by atoms with Crippen molar-refractivity contribution < 1.29 is 24.5 Å². The number of carbonyl (C=O) groups is 2. The van der Waals surface area contributed by atoms with Crippen LogP contribution in [-0.4, -0.2) is 53.7 Å². The number of hydrogen-bond acceptors (Lipinski definition) is 5. The zero-order valence-corrected chi connectivity index (χ0v) is 12.0. The zero-order chi connectivity index (χ0) is 15.2. The van der Waals surface area contributed by atoms with E-state index in [-0.39, 0.29) is 18.7 Å². The van der Waals surface area contributed by atoms with Gasteiger partial charge < -0.3 is 19.8 Å². The third kappa shape index (κ3) is 8.01. The lowest BCUT2D eigenvalue weighted by atomic mass is 10.1. The van der Waals surface area contributed by atoms with Gasteiger partial charge in [-0.15, -0.1) is 0 Å². The van der Waals surface area contributed by atoms with E-state index < -0.39 is 23.7 Å². The van der Waals surface area contributed by atoms with E-state index in [1.54, 1.807) is 34.9 Å². The van der Waals surface area contributed by atoms with Crippen molar-refractivity contribution in [1.82, 2.24) is 4.90 Å². The van der Waals surface area contributed by atoms with Crippen molar-refractivity contribution in [3.05, 3.63) is 0 Å². The van der Waals surface area contributed by atoms with Gasteiger partial charge in [-0.25, -0.2) is 4.79 Å². The van der Waals surface area contributed by atoms with Gasteiger partial charge in [-0.2, -0.15) is 0 Å². The topological polar surface area (TPSA) is 102 Å². The minimum absolute atomic E-state index is 0.0102. The summed E-state index contributed by atoms with van der Waals surface area (Å²) in [7, 11) is 3.15. The lowest BCUT2D eigenvalue weighted by molar-refractivity contribution is -0.261. The van der Waals surface area contributed by atoms with Gasteiger partial charge in [-0.3, -0.25) is 9.79 Å². The first-order valence-electron chi connectivity index (χ1n) is 5.89. The molecule has 0 rings (SSSR count). The van der Waals surface area contributed by atoms with E-state index in [4.69, 9.17) is 9.84 Å². The second-order valence-electron chi connectivity index (χ2n) is 5.29. The molecule has 1 atom stereocenters. The molecule has 0 aliphatic rings. The second-order valence-corrected chi connectivity index (χ2v) is 5.29. The molecule has 0 bridgehead atoms. The lowest BCUT2D eigenvalue weighted by Gasteiger charge is -2.30. The predicted molar refractivity (Wildman–Crippen MR) is 67.6 cm³/mol. The number of rotatable bonds is 5. The molecule has 0 aromatic heterocycles. The molecule has 7 nitrogen and oxygen atoms in total. The molecule has 19 heavy (non-hydrogen) atoms. The SMILES string of the molecule is CN(C)C(=O)CC[C@H](N=C([O-])OC(C)(C)C)C(=O)O. The molecule has 0 unspecified atom stereocenters. The Kier molecular flexibility index (Phi) is 6.31. The normalized spacial score (nSPS) is 13.8. The fraction of sp³-hybridized carbons (Fsp3) is 0.750. The summed E-state index contributed by atoms with van der Waals surface area (Å²) in [5, 5.41) is 20.4. The Balaban J connectivity index is 4.62. The molecule has 0 aliphatic carbocycles. The van der Waals surface area contributed by atoms with Crippen LogP contribution in [0.5, 0.6) is 0 Å². The number of amides is 1. The molecule has 0 spiro atoms. The van der Waals surface area contributed by atoms with Gasteiger partial charge in [-0.05, 0) is 6.42 Å². The monoisotopic (exact) mass is 273 g/mol. The van der Waals surface area contributed by atoms with Crippen LogP contribution in [-0.2, 0) is 14.3 Å². The van der Waals surface area contributed by atoms with E-state index in [9.17, 15) is 14.7 Å². The maximum Gasteiger partial charge on any atom is 0.328 e. The van der Waals surface area contributed by atoms with E-state index in [1.165, 1.54) is 4.90 Å². The van der Waals surface area contributed by atoms with Crippen molar-refractivity contribution in [2.75, 3.05) is 14.1 Å². The Hall–Kier alpha value is -1.79. The molecule has 7 heteroatoms. The summed E-state index contributed by atoms with van der Waals surface area (Å²) >= 11 is 0. The molecule has 110 valence electrons. The van der Waals surface area contributed by atoms with E-state index in [2.05, 4.69) is 4.99 Å². The van der Waals surface area contributed by atoms with Gasteiger partial charge in [0.1, 0.15) is 12.1 Å². The highest BCUT2D eigenvalue weighted by Crippen LogP contribution is 2.09. The fourth-order valence-corrected chi connectivity index (χ4v) is 1.14. The third-order valence-corrected chi connectivity index (χ3v) is 2.07. The number of carboxylic acids is 1. The van der Waals surface area contributed by atoms with Crippen molar-refractivity contribution in [3.63, 3.8) is 0 Å². The average Bonchev–Trinajstić information content (AvgIpc) is 2.20. The summed E-state index contributed by atoms with van der Waals surface area (Å²) in [6, 6.07) is -1.27. The van der Waals surface area contributed by atoms with Gasteiger partial charge in [0, 0.05) is 26.1 Å². The summed E-state index contributed by atoms with van der Waals surface area (Å²) in [6.07, 6.45) is -0.959. The maximum atomic E-state index is 11.4. The molecule has 0 saturated heterocycles. The number of nitrogens with zero attached hydrogens (tertiary/aromatic N) is 2. The van der Waals surface area contributed by atoms with Crippen molar-refractivity contribution in [2.45, 2.75) is 45.3 Å². The van der Waals surface area contributed by atoms with Gasteiger partial charge in [-0.1, -0.05) is 20.8 Å². The van der Waals surface area contributed by atoms with Gasteiger partial charge >= 0.3 is 5.97 Å². The van der Waals surface area contributed by atoms with Crippen LogP contribution in [0.2, 0.25) is 0 Å². The summed E-state index contributed by atoms with van der Waals surface area (Å²) < 4.78 is 4.91. The van der Waals surface area contributed by atoms with Crippen LogP contribution >= 0.6 is 0 Å². The quantitative estimate of drug-likeness (QED) is 0.554. The van der Waals surface area contributed by atoms with Crippen molar-refractivity contribution >= 4 is 18.0 Å². The predicted octanol–water partition coefficient (Wildman–Crippen LogP) is -0.161. The van der Waals surface area contributed by atoms with Crippen molar-refractivity contribution in [1.29, 1.82) is 0 Å². The Morgan fingerprint density at radius 1 is 1.37 bits per heavy atom. The van der Waals surface area contributed by atoms with Gasteiger partial charge in [0.15, 0.2) is 0 Å². The molecule has 0 radical (unpaired) electrons. The maximum absolute atomic E-state index is 11.4. The average molecular weight is 273 g/mol. The minimum atomic E-state index is -1.27. The summed E-state index contributed by atoms with van der Waals surface area (Å²) in [6.45, 7) is 4.98. The first-order chi connectivity index (χ1) is 8.53. The number of aliphatic carboxylic acids is 1. The Labute approximate surface area is 112 Å². The number of ether oxygens (including phenoxy) is 1. The molecule has 0 aromatic carbocycles. The summed E-state index contributed by atoms with van der Waals surface area (Å²) in [5.41, 5.74) is -0.733. The third-order valence-electron chi connectivity index (χ3n) is 2.07. The van der Waals surface area contributed by atoms with Crippen LogP contribution in [0.1, 0.15) is 33.6 Å². The van der Waals surface area contributed by atoms with E-state index in [0.29, 0.717) is 0 Å². The highest BCUT2D eigenvalue weighted by atomic mass is 16.6. The Morgan fingerprint density at radius 3 is 2.26 bits per heavy atom. The minimum Gasteiger partial charge on any atom is -0.595 e. The van der Waals surface area contributed by atoms with E-state index in [1.807, 2.05) is 0 Å². The molecule has 0 heterocycles. The van der Waals surface area contributed by atoms with Gasteiger partial charge in [0.2, 0.25) is 5.91 Å². The van der Waals surface area contributed by atoms with Crippen molar-refractivity contribution in [3.8, 4) is 0 Å². The molecule has 0 fully saturated rings. The fourth-order valence-electron chi connectivity index (χ4n) is 1.14.